The Morgan fingerprint density at radius 3 is 2.41 bits per heavy atom. The Morgan fingerprint density at radius 2 is 2.00 bits per heavy atom. The Bertz CT molecular complexity index is 478. The smallest absolute Gasteiger partial charge is 0.542 e. The first kappa shape index (κ1) is 21.9. The summed E-state index contributed by atoms with van der Waals surface area (Å²) in [5.74, 6) is 0. The van der Waals surface area contributed by atoms with Crippen molar-refractivity contribution in [1.29, 1.82) is 0 Å². The van der Waals surface area contributed by atoms with Crippen LogP contribution in [-0.2, 0) is 29.0 Å². The largest absolute Gasteiger partial charge is 1.00 e. The molecule has 0 fully saturated rings. The summed E-state index contributed by atoms with van der Waals surface area (Å²) in [6, 6.07) is 3.25. The number of aryl methyl sites for hydroxylation is 1. The summed E-state index contributed by atoms with van der Waals surface area (Å²) in [6.07, 6.45) is 4.21. The number of thiazole rings is 1. The molecule has 6 heteroatoms. The van der Waals surface area contributed by atoms with E-state index in [-0.39, 0.29) is 25.9 Å². The van der Waals surface area contributed by atoms with Crippen molar-refractivity contribution in [3.63, 3.8) is 0 Å². The predicted octanol–water partition coefficient (Wildman–Crippen LogP) is 4.74. The van der Waals surface area contributed by atoms with E-state index in [9.17, 15) is 4.79 Å². The van der Waals surface area contributed by atoms with E-state index in [4.69, 9.17) is 4.43 Å². The summed E-state index contributed by atoms with van der Waals surface area (Å²) in [4.78, 5) is 15.3. The molecular formula is C16H26NO2OsSSi. The molecule has 1 atom stereocenters. The van der Waals surface area contributed by atoms with E-state index < -0.39 is 8.32 Å². The summed E-state index contributed by atoms with van der Waals surface area (Å²) in [7, 11) is -1.73. The maximum Gasteiger partial charge on any atom is 1.00 e. The summed E-state index contributed by atoms with van der Waals surface area (Å²) in [5.41, 5.74) is 2.02. The van der Waals surface area contributed by atoms with Crippen molar-refractivity contribution in [2.75, 3.05) is 0 Å². The van der Waals surface area contributed by atoms with Crippen LogP contribution in [0.2, 0.25) is 18.1 Å². The number of hydrogen-bond acceptors (Lipinski definition) is 4. The van der Waals surface area contributed by atoms with Gasteiger partial charge in [0.2, 0.25) is 0 Å². The molecule has 0 bridgehead atoms. The second-order valence-corrected chi connectivity index (χ2v) is 11.2. The van der Waals surface area contributed by atoms with Gasteiger partial charge in [0.25, 0.3) is 0 Å². The van der Waals surface area contributed by atoms with Gasteiger partial charge in [0.1, 0.15) is 0 Å². The first-order chi connectivity index (χ1) is 10.00. The first-order valence-corrected chi connectivity index (χ1v) is 11.0. The Morgan fingerprint density at radius 1 is 1.41 bits per heavy atom. The number of aromatic nitrogens is 1. The van der Waals surface area contributed by atoms with Crippen LogP contribution in [0.15, 0.2) is 11.0 Å². The molecule has 0 saturated carbocycles. The SMILES string of the molecule is CC[Si](CC)(CC)O[C@H](C[C-]=O)C(C)=Cc1csc(C)n1.[Os+]. The van der Waals surface area contributed by atoms with Crippen molar-refractivity contribution in [1.82, 2.24) is 4.98 Å². The van der Waals surface area contributed by atoms with Gasteiger partial charge >= 0.3 is 19.8 Å². The molecule has 0 amide bonds. The van der Waals surface area contributed by atoms with Crippen LogP contribution >= 0.6 is 11.3 Å². The number of nitrogens with zero attached hydrogens (tertiary/aromatic N) is 1. The number of carbonyl (C=O) groups excluding carboxylic acids is 1. The molecule has 0 unspecified atom stereocenters. The summed E-state index contributed by atoms with van der Waals surface area (Å²) < 4.78 is 6.45. The molecule has 0 aliphatic rings. The minimum absolute atomic E-state index is 0. The van der Waals surface area contributed by atoms with Gasteiger partial charge in [0, 0.05) is 11.5 Å². The van der Waals surface area contributed by atoms with Gasteiger partial charge in [-0.25, -0.2) is 4.98 Å². The van der Waals surface area contributed by atoms with Crippen LogP contribution in [-0.4, -0.2) is 25.7 Å². The molecule has 1 heterocycles. The van der Waals surface area contributed by atoms with Crippen molar-refractivity contribution in [3.8, 4) is 0 Å². The van der Waals surface area contributed by atoms with E-state index in [0.29, 0.717) is 6.42 Å². The summed E-state index contributed by atoms with van der Waals surface area (Å²) >= 11 is 1.63. The Balaban J connectivity index is 0.00000441. The van der Waals surface area contributed by atoms with E-state index in [2.05, 4.69) is 25.8 Å². The zero-order chi connectivity index (χ0) is 15.9. The molecule has 22 heavy (non-hydrogen) atoms. The molecule has 0 N–H and O–H groups in total. The monoisotopic (exact) mass is 516 g/mol. The van der Waals surface area contributed by atoms with Crippen LogP contribution in [0, 0.1) is 6.92 Å². The second kappa shape index (κ2) is 10.6. The topological polar surface area (TPSA) is 39.2 Å². The number of rotatable bonds is 9. The molecule has 125 valence electrons. The summed E-state index contributed by atoms with van der Waals surface area (Å²) in [6.45, 7) is 10.6. The van der Waals surface area contributed by atoms with E-state index in [1.165, 1.54) is 0 Å². The van der Waals surface area contributed by atoms with Gasteiger partial charge in [-0.1, -0.05) is 20.8 Å². The Labute approximate surface area is 152 Å². The van der Waals surface area contributed by atoms with Gasteiger partial charge in [-0.3, -0.25) is 6.29 Å². The van der Waals surface area contributed by atoms with E-state index in [0.717, 1.165) is 34.4 Å². The van der Waals surface area contributed by atoms with Crippen LogP contribution in [0.5, 0.6) is 0 Å². The fourth-order valence-corrected chi connectivity index (χ4v) is 5.89. The number of hydrogen-bond donors (Lipinski definition) is 0. The Hall–Kier alpha value is -0.147. The van der Waals surface area contributed by atoms with Gasteiger partial charge in [0.05, 0.1) is 10.7 Å². The third-order valence-electron chi connectivity index (χ3n) is 4.11. The average molecular weight is 515 g/mol. The van der Waals surface area contributed by atoms with Gasteiger partial charge in [-0.2, -0.15) is 0 Å². The van der Waals surface area contributed by atoms with Crippen molar-refractivity contribution in [2.45, 2.75) is 65.3 Å². The molecule has 1 rings (SSSR count). The molecule has 1 aromatic heterocycles. The maximum atomic E-state index is 10.9. The van der Waals surface area contributed by atoms with Crippen molar-refractivity contribution < 1.29 is 29.0 Å². The van der Waals surface area contributed by atoms with Crippen molar-refractivity contribution in [3.05, 3.63) is 21.7 Å². The zero-order valence-electron chi connectivity index (χ0n) is 14.1. The zero-order valence-corrected chi connectivity index (χ0v) is 18.4. The fraction of sp³-hybridized carbons (Fsp3) is 0.625. The molecule has 0 aliphatic carbocycles. The van der Waals surface area contributed by atoms with Gasteiger partial charge < -0.3 is 9.22 Å². The van der Waals surface area contributed by atoms with Gasteiger partial charge in [0.15, 0.2) is 8.32 Å². The predicted molar refractivity (Wildman–Crippen MR) is 92.9 cm³/mol. The Kier molecular flexibility index (Phi) is 10.5. The maximum absolute atomic E-state index is 10.9. The van der Waals surface area contributed by atoms with Crippen LogP contribution in [0.1, 0.15) is 44.8 Å². The van der Waals surface area contributed by atoms with Crippen LogP contribution in [0.4, 0.5) is 0 Å². The first-order valence-electron chi connectivity index (χ1n) is 7.63. The molecular weight excluding hydrogens is 489 g/mol. The molecule has 0 spiro atoms. The van der Waals surface area contributed by atoms with E-state index >= 15 is 0 Å². The van der Waals surface area contributed by atoms with E-state index in [1.54, 1.807) is 11.3 Å². The quantitative estimate of drug-likeness (QED) is 0.353. The van der Waals surface area contributed by atoms with E-state index in [1.807, 2.05) is 31.6 Å². The van der Waals surface area contributed by atoms with Gasteiger partial charge in [-0.15, -0.1) is 17.8 Å². The minimum Gasteiger partial charge on any atom is -0.542 e. The molecule has 0 saturated heterocycles. The molecule has 0 aromatic carbocycles. The van der Waals surface area contributed by atoms with Crippen molar-refractivity contribution in [2.24, 2.45) is 0 Å². The molecule has 1 aromatic rings. The third-order valence-corrected chi connectivity index (χ3v) is 9.56. The average Bonchev–Trinajstić information content (AvgIpc) is 2.89. The molecule has 1 radical (unpaired) electrons. The summed E-state index contributed by atoms with van der Waals surface area (Å²) in [5, 5.41) is 3.08. The normalized spacial score (nSPS) is 13.6. The second-order valence-electron chi connectivity index (χ2n) is 5.38. The third kappa shape index (κ3) is 6.16. The standard InChI is InChI=1S/C16H26NO2SSi.Os/c1-6-21(7-2,8-3)19-16(9-10-18)13(4)11-15-12-20-14(5)17-15;/h11-12,16H,6-9H2,1-5H3;/q-1;+1/t16-;/m1./s1. The van der Waals surface area contributed by atoms with Crippen LogP contribution < -0.4 is 0 Å². The van der Waals surface area contributed by atoms with Crippen LogP contribution in [0.3, 0.4) is 0 Å². The minimum atomic E-state index is -1.73. The van der Waals surface area contributed by atoms with Crippen molar-refractivity contribution >= 4 is 32.0 Å². The fourth-order valence-electron chi connectivity index (χ4n) is 2.45. The van der Waals surface area contributed by atoms with Crippen LogP contribution in [0.25, 0.3) is 6.08 Å². The molecule has 0 aliphatic heterocycles. The molecule has 3 nitrogen and oxygen atoms in total. The van der Waals surface area contributed by atoms with Gasteiger partial charge in [-0.05, 0) is 43.6 Å².